The number of halogens is 2. The molecule has 6 nitrogen and oxygen atoms in total. The number of benzene rings is 1. The lowest BCUT2D eigenvalue weighted by atomic mass is 9.89. The molecule has 0 atom stereocenters. The smallest absolute Gasteiger partial charge is 0.308 e. The van der Waals surface area contributed by atoms with Gasteiger partial charge in [0.1, 0.15) is 5.82 Å². The highest BCUT2D eigenvalue weighted by atomic mass is 19.1. The average molecular weight is 286 g/mol. The van der Waals surface area contributed by atoms with Crippen LogP contribution in [0.3, 0.4) is 0 Å². The topological polar surface area (TPSA) is 81.5 Å². The Hall–Kier alpha value is -2.09. The summed E-state index contributed by atoms with van der Waals surface area (Å²) in [4.78, 5) is 21.3. The Balaban J connectivity index is 2.16. The lowest BCUT2D eigenvalue weighted by molar-refractivity contribution is -0.387. The van der Waals surface area contributed by atoms with Crippen molar-refractivity contribution in [3.05, 3.63) is 39.4 Å². The van der Waals surface area contributed by atoms with Crippen molar-refractivity contribution in [1.82, 2.24) is 5.32 Å². The molecule has 1 amide bonds. The predicted octanol–water partition coefficient (Wildman–Crippen LogP) is 1.78. The van der Waals surface area contributed by atoms with Crippen LogP contribution < -0.4 is 5.32 Å². The Morgan fingerprint density at radius 1 is 1.45 bits per heavy atom. The lowest BCUT2D eigenvalue weighted by Crippen LogP contribution is -2.47. The predicted molar refractivity (Wildman–Crippen MR) is 64.3 cm³/mol. The molecule has 108 valence electrons. The van der Waals surface area contributed by atoms with Gasteiger partial charge in [-0.25, -0.2) is 4.39 Å². The fourth-order valence-electron chi connectivity index (χ4n) is 2.01. The van der Waals surface area contributed by atoms with Gasteiger partial charge in [-0.2, -0.15) is 4.39 Å². The number of carbonyl (C=O) groups is 1. The first-order valence-corrected chi connectivity index (χ1v) is 5.89. The van der Waals surface area contributed by atoms with Crippen molar-refractivity contribution < 1.29 is 23.2 Å². The van der Waals surface area contributed by atoms with Gasteiger partial charge in [0.05, 0.1) is 22.7 Å². The summed E-state index contributed by atoms with van der Waals surface area (Å²) in [6.07, 6.45) is 1.18. The van der Waals surface area contributed by atoms with Gasteiger partial charge in [-0.05, 0) is 18.9 Å². The number of amides is 1. The molecule has 1 aromatic rings. The first-order chi connectivity index (χ1) is 9.42. The monoisotopic (exact) mass is 286 g/mol. The normalized spacial score (nSPS) is 21.1. The van der Waals surface area contributed by atoms with E-state index in [9.17, 15) is 23.7 Å². The second-order valence-corrected chi connectivity index (χ2v) is 4.54. The molecular weight excluding hydrogens is 274 g/mol. The quantitative estimate of drug-likeness (QED) is 0.675. The molecule has 0 saturated heterocycles. The summed E-state index contributed by atoms with van der Waals surface area (Å²) >= 11 is 0. The molecule has 0 aromatic heterocycles. The van der Waals surface area contributed by atoms with Gasteiger partial charge in [0.15, 0.2) is 0 Å². The number of nitrogens with one attached hydrogen (secondary N) is 1. The first kappa shape index (κ1) is 14.3. The SMILES string of the molecule is COC1CC(NC(=O)c2cc(F)cc([N+](=O)[O-])c2F)C1. The van der Waals surface area contributed by atoms with Gasteiger partial charge in [0, 0.05) is 13.2 Å². The average Bonchev–Trinajstić information content (AvgIpc) is 2.34. The maximum absolute atomic E-state index is 13.8. The van der Waals surface area contributed by atoms with E-state index < -0.39 is 33.7 Å². The minimum atomic E-state index is -1.34. The minimum Gasteiger partial charge on any atom is -0.381 e. The summed E-state index contributed by atoms with van der Waals surface area (Å²) in [6, 6.07) is 0.884. The van der Waals surface area contributed by atoms with Crippen LogP contribution in [0, 0.1) is 21.7 Å². The van der Waals surface area contributed by atoms with E-state index in [1.165, 1.54) is 7.11 Å². The van der Waals surface area contributed by atoms with Crippen LogP contribution in [0.2, 0.25) is 0 Å². The van der Waals surface area contributed by atoms with Crippen molar-refractivity contribution in [2.75, 3.05) is 7.11 Å². The highest BCUT2D eigenvalue weighted by Crippen LogP contribution is 2.25. The van der Waals surface area contributed by atoms with Gasteiger partial charge in [-0.15, -0.1) is 0 Å². The van der Waals surface area contributed by atoms with Gasteiger partial charge < -0.3 is 10.1 Å². The van der Waals surface area contributed by atoms with Crippen molar-refractivity contribution in [3.8, 4) is 0 Å². The van der Waals surface area contributed by atoms with Gasteiger partial charge >= 0.3 is 5.69 Å². The van der Waals surface area contributed by atoms with Gasteiger partial charge in [0.25, 0.3) is 5.91 Å². The fraction of sp³-hybridized carbons (Fsp3) is 0.417. The number of hydrogen-bond donors (Lipinski definition) is 1. The first-order valence-electron chi connectivity index (χ1n) is 5.89. The maximum atomic E-state index is 13.8. The van der Waals surface area contributed by atoms with Gasteiger partial charge in [-0.1, -0.05) is 0 Å². The molecule has 1 fully saturated rings. The zero-order chi connectivity index (χ0) is 14.9. The molecule has 0 spiro atoms. The molecule has 0 aliphatic heterocycles. The van der Waals surface area contributed by atoms with Crippen molar-refractivity contribution in [3.63, 3.8) is 0 Å². The van der Waals surface area contributed by atoms with Crippen LogP contribution in [0.25, 0.3) is 0 Å². The Bertz CT molecular complexity index is 559. The summed E-state index contributed by atoms with van der Waals surface area (Å²) in [7, 11) is 1.54. The highest BCUT2D eigenvalue weighted by molar-refractivity contribution is 5.95. The van der Waals surface area contributed by atoms with E-state index >= 15 is 0 Å². The van der Waals surface area contributed by atoms with Gasteiger partial charge in [0.2, 0.25) is 5.82 Å². The van der Waals surface area contributed by atoms with E-state index in [1.54, 1.807) is 0 Å². The summed E-state index contributed by atoms with van der Waals surface area (Å²) < 4.78 is 32.0. The number of nitrogens with zero attached hydrogens (tertiary/aromatic N) is 1. The van der Waals surface area contributed by atoms with Crippen LogP contribution >= 0.6 is 0 Å². The zero-order valence-corrected chi connectivity index (χ0v) is 10.6. The van der Waals surface area contributed by atoms with Crippen LogP contribution in [0.15, 0.2) is 12.1 Å². The molecule has 0 unspecified atom stereocenters. The van der Waals surface area contributed by atoms with Crippen molar-refractivity contribution >= 4 is 11.6 Å². The Labute approximate surface area is 112 Å². The summed E-state index contributed by atoms with van der Waals surface area (Å²) in [6.45, 7) is 0. The molecule has 2 rings (SSSR count). The second kappa shape index (κ2) is 5.49. The Kier molecular flexibility index (Phi) is 3.93. The number of hydrogen-bond acceptors (Lipinski definition) is 4. The number of nitro benzene ring substituents is 1. The summed E-state index contributed by atoms with van der Waals surface area (Å²) in [5, 5.41) is 13.1. The molecule has 8 heteroatoms. The fourth-order valence-corrected chi connectivity index (χ4v) is 2.01. The number of methoxy groups -OCH3 is 1. The molecule has 20 heavy (non-hydrogen) atoms. The third-order valence-electron chi connectivity index (χ3n) is 3.22. The number of rotatable bonds is 4. The molecule has 0 radical (unpaired) electrons. The maximum Gasteiger partial charge on any atom is 0.308 e. The van der Waals surface area contributed by atoms with Crippen molar-refractivity contribution in [2.24, 2.45) is 0 Å². The second-order valence-electron chi connectivity index (χ2n) is 4.54. The van der Waals surface area contributed by atoms with E-state index in [0.29, 0.717) is 25.0 Å². The molecule has 0 bridgehead atoms. The third-order valence-corrected chi connectivity index (χ3v) is 3.22. The van der Waals surface area contributed by atoms with Crippen LogP contribution in [-0.2, 0) is 4.74 Å². The summed E-state index contributed by atoms with van der Waals surface area (Å²) in [5.41, 5.74) is -1.73. The van der Waals surface area contributed by atoms with Crippen molar-refractivity contribution in [2.45, 2.75) is 25.0 Å². The van der Waals surface area contributed by atoms with Crippen LogP contribution in [-0.4, -0.2) is 30.1 Å². The summed E-state index contributed by atoms with van der Waals surface area (Å²) in [5.74, 6) is -3.24. The van der Waals surface area contributed by atoms with E-state index in [4.69, 9.17) is 4.74 Å². The molecule has 1 aliphatic carbocycles. The largest absolute Gasteiger partial charge is 0.381 e. The van der Waals surface area contributed by atoms with E-state index in [1.807, 2.05) is 0 Å². The molecule has 0 heterocycles. The van der Waals surface area contributed by atoms with Gasteiger partial charge in [-0.3, -0.25) is 14.9 Å². The molecule has 1 aromatic carbocycles. The number of ether oxygens (including phenoxy) is 1. The highest BCUT2D eigenvalue weighted by Gasteiger charge is 2.32. The standard InChI is InChI=1S/C12H12F2N2O4/c1-20-8-4-7(5-8)15-12(17)9-2-6(13)3-10(11(9)14)16(18)19/h2-3,7-8H,4-5H2,1H3,(H,15,17). The number of carbonyl (C=O) groups excluding carboxylic acids is 1. The Morgan fingerprint density at radius 2 is 2.10 bits per heavy atom. The molecule has 1 N–H and O–H groups in total. The van der Waals surface area contributed by atoms with E-state index in [2.05, 4.69) is 5.32 Å². The molecule has 1 aliphatic rings. The zero-order valence-electron chi connectivity index (χ0n) is 10.6. The van der Waals surface area contributed by atoms with Crippen LogP contribution in [0.4, 0.5) is 14.5 Å². The lowest BCUT2D eigenvalue weighted by Gasteiger charge is -2.34. The minimum absolute atomic E-state index is 0.0343. The van der Waals surface area contributed by atoms with Crippen LogP contribution in [0.1, 0.15) is 23.2 Å². The van der Waals surface area contributed by atoms with Crippen molar-refractivity contribution in [1.29, 1.82) is 0 Å². The van der Waals surface area contributed by atoms with E-state index in [-0.39, 0.29) is 12.1 Å². The molecular formula is C12H12F2N2O4. The Morgan fingerprint density at radius 3 is 2.65 bits per heavy atom. The number of nitro groups is 1. The van der Waals surface area contributed by atoms with E-state index in [0.717, 1.165) is 0 Å². The third kappa shape index (κ3) is 2.74. The molecule has 1 saturated carbocycles. The van der Waals surface area contributed by atoms with Crippen LogP contribution in [0.5, 0.6) is 0 Å².